The Hall–Kier alpha value is -2.95. The highest BCUT2D eigenvalue weighted by molar-refractivity contribution is 6.02. The van der Waals surface area contributed by atoms with E-state index in [0.29, 0.717) is 30.5 Å². The Labute approximate surface area is 147 Å². The molecule has 0 aromatic heterocycles. The van der Waals surface area contributed by atoms with Crippen LogP contribution in [0.5, 0.6) is 17.2 Å². The van der Waals surface area contributed by atoms with Crippen molar-refractivity contribution < 1.29 is 19.0 Å². The number of carbonyl (C=O) groups is 1. The summed E-state index contributed by atoms with van der Waals surface area (Å²) in [5.74, 6) is 1.63. The van der Waals surface area contributed by atoms with E-state index in [1.807, 2.05) is 44.2 Å². The smallest absolute Gasteiger partial charge is 0.248 e. The first kappa shape index (κ1) is 16.9. The lowest BCUT2D eigenvalue weighted by Crippen LogP contribution is -2.16. The minimum absolute atomic E-state index is 0.192. The fraction of sp³-hybridized carbons (Fsp3) is 0.250. The summed E-state index contributed by atoms with van der Waals surface area (Å²) in [5.41, 5.74) is 3.74. The largest absolute Gasteiger partial charge is 0.493 e. The molecule has 1 aliphatic rings. The minimum atomic E-state index is -0.192. The van der Waals surface area contributed by atoms with Gasteiger partial charge in [-0.2, -0.15) is 0 Å². The molecular weight excluding hydrogens is 318 g/mol. The molecule has 2 aromatic rings. The topological polar surface area (TPSA) is 56.8 Å². The fourth-order valence-electron chi connectivity index (χ4n) is 2.61. The van der Waals surface area contributed by atoms with E-state index in [2.05, 4.69) is 5.32 Å². The van der Waals surface area contributed by atoms with Crippen molar-refractivity contribution in [3.63, 3.8) is 0 Å². The number of hydrogen-bond acceptors (Lipinski definition) is 4. The lowest BCUT2D eigenvalue weighted by molar-refractivity contribution is -0.111. The maximum absolute atomic E-state index is 12.2. The second kappa shape index (κ2) is 7.30. The average Bonchev–Trinajstić information content (AvgIpc) is 2.62. The summed E-state index contributed by atoms with van der Waals surface area (Å²) in [6, 6.07) is 9.60. The van der Waals surface area contributed by atoms with E-state index in [4.69, 9.17) is 14.2 Å². The molecule has 1 aliphatic heterocycles. The second-order valence-corrected chi connectivity index (χ2v) is 5.89. The molecule has 1 N–H and O–H groups in total. The maximum Gasteiger partial charge on any atom is 0.248 e. The standard InChI is InChI=1S/C20H21NO4/c1-13-4-5-14(2)16(10-13)21-19(22)7-6-15-11-17(23-3)20-18(12-15)24-8-9-25-20/h4-7,10-12H,8-9H2,1-3H3,(H,21,22)/b7-6+. The van der Waals surface area contributed by atoms with Crippen LogP contribution < -0.4 is 19.5 Å². The highest BCUT2D eigenvalue weighted by Crippen LogP contribution is 2.40. The van der Waals surface area contributed by atoms with Crippen LogP contribution in [0.4, 0.5) is 5.69 Å². The average molecular weight is 339 g/mol. The Morgan fingerprint density at radius 1 is 1.16 bits per heavy atom. The molecular formula is C20H21NO4. The number of benzene rings is 2. The Bertz CT molecular complexity index is 809. The minimum Gasteiger partial charge on any atom is -0.493 e. The normalized spacial score (nSPS) is 12.9. The molecule has 2 aromatic carbocycles. The number of rotatable bonds is 4. The predicted molar refractivity (Wildman–Crippen MR) is 97.6 cm³/mol. The van der Waals surface area contributed by atoms with Gasteiger partial charge < -0.3 is 19.5 Å². The van der Waals surface area contributed by atoms with Crippen molar-refractivity contribution in [3.8, 4) is 17.2 Å². The molecule has 1 heterocycles. The van der Waals surface area contributed by atoms with Gasteiger partial charge in [-0.25, -0.2) is 0 Å². The zero-order chi connectivity index (χ0) is 17.8. The number of hydrogen-bond donors (Lipinski definition) is 1. The van der Waals surface area contributed by atoms with Gasteiger partial charge in [0.05, 0.1) is 7.11 Å². The predicted octanol–water partition coefficient (Wildman–Crippen LogP) is 3.74. The molecule has 0 bridgehead atoms. The number of ether oxygens (including phenoxy) is 3. The van der Waals surface area contributed by atoms with Crippen LogP contribution in [0.25, 0.3) is 6.08 Å². The first-order chi connectivity index (χ1) is 12.1. The molecule has 0 fully saturated rings. The Morgan fingerprint density at radius 3 is 2.76 bits per heavy atom. The van der Waals surface area contributed by atoms with Gasteiger partial charge in [0.15, 0.2) is 11.5 Å². The van der Waals surface area contributed by atoms with E-state index in [0.717, 1.165) is 22.4 Å². The van der Waals surface area contributed by atoms with Crippen molar-refractivity contribution in [2.24, 2.45) is 0 Å². The third-order valence-corrected chi connectivity index (χ3v) is 3.93. The Morgan fingerprint density at radius 2 is 1.96 bits per heavy atom. The van der Waals surface area contributed by atoms with Crippen molar-refractivity contribution >= 4 is 17.7 Å². The molecule has 5 nitrogen and oxygen atoms in total. The fourth-order valence-corrected chi connectivity index (χ4v) is 2.61. The highest BCUT2D eigenvalue weighted by atomic mass is 16.6. The van der Waals surface area contributed by atoms with Gasteiger partial charge in [-0.3, -0.25) is 4.79 Å². The summed E-state index contributed by atoms with van der Waals surface area (Å²) < 4.78 is 16.5. The summed E-state index contributed by atoms with van der Waals surface area (Å²) in [6.45, 7) is 4.95. The molecule has 0 unspecified atom stereocenters. The van der Waals surface area contributed by atoms with E-state index in [1.54, 1.807) is 13.2 Å². The van der Waals surface area contributed by atoms with Gasteiger partial charge in [-0.1, -0.05) is 12.1 Å². The van der Waals surface area contributed by atoms with E-state index in [-0.39, 0.29) is 5.91 Å². The van der Waals surface area contributed by atoms with E-state index >= 15 is 0 Å². The third kappa shape index (κ3) is 3.94. The molecule has 0 saturated carbocycles. The summed E-state index contributed by atoms with van der Waals surface area (Å²) in [6.07, 6.45) is 3.22. The first-order valence-corrected chi connectivity index (χ1v) is 8.11. The van der Waals surface area contributed by atoms with Crippen molar-refractivity contribution in [3.05, 3.63) is 53.1 Å². The highest BCUT2D eigenvalue weighted by Gasteiger charge is 2.17. The molecule has 5 heteroatoms. The zero-order valence-electron chi connectivity index (χ0n) is 14.6. The number of aryl methyl sites for hydroxylation is 2. The first-order valence-electron chi connectivity index (χ1n) is 8.11. The van der Waals surface area contributed by atoms with Crippen LogP contribution in [0.15, 0.2) is 36.4 Å². The number of nitrogens with one attached hydrogen (secondary N) is 1. The molecule has 1 amide bonds. The molecule has 0 atom stereocenters. The molecule has 0 radical (unpaired) electrons. The van der Waals surface area contributed by atoms with Crippen molar-refractivity contribution in [1.29, 1.82) is 0 Å². The lowest BCUT2D eigenvalue weighted by atomic mass is 10.1. The van der Waals surface area contributed by atoms with Crippen molar-refractivity contribution in [1.82, 2.24) is 0 Å². The van der Waals surface area contributed by atoms with Gasteiger partial charge >= 0.3 is 0 Å². The van der Waals surface area contributed by atoms with Crippen LogP contribution >= 0.6 is 0 Å². The van der Waals surface area contributed by atoms with Crippen LogP contribution in [0.3, 0.4) is 0 Å². The van der Waals surface area contributed by atoms with Crippen LogP contribution in [0.2, 0.25) is 0 Å². The third-order valence-electron chi connectivity index (χ3n) is 3.93. The number of anilines is 1. The Balaban J connectivity index is 1.77. The van der Waals surface area contributed by atoms with E-state index < -0.39 is 0 Å². The summed E-state index contributed by atoms with van der Waals surface area (Å²) in [7, 11) is 1.58. The number of fused-ring (bicyclic) bond motifs is 1. The van der Waals surface area contributed by atoms with Gasteiger partial charge in [0.25, 0.3) is 0 Å². The second-order valence-electron chi connectivity index (χ2n) is 5.89. The molecule has 0 saturated heterocycles. The van der Waals surface area contributed by atoms with Crippen LogP contribution in [-0.2, 0) is 4.79 Å². The van der Waals surface area contributed by atoms with Crippen molar-refractivity contribution in [2.45, 2.75) is 13.8 Å². The Kier molecular flexibility index (Phi) is 4.93. The summed E-state index contributed by atoms with van der Waals surface area (Å²) >= 11 is 0. The SMILES string of the molecule is COc1cc(/C=C/C(=O)Nc2cc(C)ccc2C)cc2c1OCCO2. The molecule has 130 valence electrons. The summed E-state index contributed by atoms with van der Waals surface area (Å²) in [4.78, 5) is 12.2. The monoisotopic (exact) mass is 339 g/mol. The quantitative estimate of drug-likeness (QED) is 0.862. The van der Waals surface area contributed by atoms with E-state index in [9.17, 15) is 4.79 Å². The van der Waals surface area contributed by atoms with Gasteiger partial charge in [0.2, 0.25) is 11.7 Å². The molecule has 0 spiro atoms. The van der Waals surface area contributed by atoms with Crippen molar-refractivity contribution in [2.75, 3.05) is 25.6 Å². The zero-order valence-corrected chi connectivity index (χ0v) is 14.6. The molecule has 3 rings (SSSR count). The van der Waals surface area contributed by atoms with Crippen LogP contribution in [0.1, 0.15) is 16.7 Å². The lowest BCUT2D eigenvalue weighted by Gasteiger charge is -2.20. The number of carbonyl (C=O) groups excluding carboxylic acids is 1. The van der Waals surface area contributed by atoms with Crippen LogP contribution in [0, 0.1) is 13.8 Å². The van der Waals surface area contributed by atoms with Crippen LogP contribution in [-0.4, -0.2) is 26.2 Å². The molecule has 25 heavy (non-hydrogen) atoms. The molecule has 0 aliphatic carbocycles. The van der Waals surface area contributed by atoms with Gasteiger partial charge in [-0.05, 0) is 54.8 Å². The van der Waals surface area contributed by atoms with Gasteiger partial charge in [-0.15, -0.1) is 0 Å². The van der Waals surface area contributed by atoms with Gasteiger partial charge in [0.1, 0.15) is 13.2 Å². The summed E-state index contributed by atoms with van der Waals surface area (Å²) in [5, 5.41) is 2.90. The van der Waals surface area contributed by atoms with Gasteiger partial charge in [0, 0.05) is 11.8 Å². The van der Waals surface area contributed by atoms with E-state index in [1.165, 1.54) is 6.08 Å². The number of methoxy groups -OCH3 is 1. The maximum atomic E-state index is 12.2. The number of amides is 1.